The summed E-state index contributed by atoms with van der Waals surface area (Å²) in [7, 11) is -3.80. The zero-order valence-electron chi connectivity index (χ0n) is 10.6. The maximum atomic E-state index is 13.2. The third-order valence-electron chi connectivity index (χ3n) is 2.28. The van der Waals surface area contributed by atoms with Crippen molar-refractivity contribution < 1.29 is 22.3 Å². The summed E-state index contributed by atoms with van der Waals surface area (Å²) in [6, 6.07) is 8.55. The van der Waals surface area contributed by atoms with E-state index >= 15 is 0 Å². The molecule has 0 atom stereocenters. The third-order valence-corrected chi connectivity index (χ3v) is 4.93. The fraction of sp³-hybridized carbons (Fsp3) is 0.0833. The smallest absolute Gasteiger partial charge is 0.272 e. The van der Waals surface area contributed by atoms with Gasteiger partial charge in [-0.1, -0.05) is 18.2 Å². The fourth-order valence-electron chi connectivity index (χ4n) is 1.33. The first-order chi connectivity index (χ1) is 9.99. The minimum Gasteiger partial charge on any atom is -0.481 e. The summed E-state index contributed by atoms with van der Waals surface area (Å²) < 4.78 is 41.7. The molecule has 0 fully saturated rings. The average Bonchev–Trinajstić information content (AvgIpc) is 2.99. The van der Waals surface area contributed by atoms with Gasteiger partial charge in [-0.3, -0.25) is 10.2 Å². The topological polar surface area (TPSA) is 84.5 Å². The second kappa shape index (κ2) is 6.66. The summed E-state index contributed by atoms with van der Waals surface area (Å²) in [5, 5.41) is 1.59. The molecule has 0 unspecified atom stereocenters. The molecule has 1 aromatic heterocycles. The van der Waals surface area contributed by atoms with Gasteiger partial charge in [0.05, 0.1) is 0 Å². The Labute approximate surface area is 124 Å². The molecule has 1 amide bonds. The van der Waals surface area contributed by atoms with Gasteiger partial charge in [0.25, 0.3) is 15.9 Å². The molecule has 0 bridgehead atoms. The van der Waals surface area contributed by atoms with Gasteiger partial charge in [0.15, 0.2) is 18.2 Å². The molecule has 21 heavy (non-hydrogen) atoms. The molecule has 0 radical (unpaired) electrons. The van der Waals surface area contributed by atoms with Gasteiger partial charge in [0, 0.05) is 0 Å². The van der Waals surface area contributed by atoms with E-state index in [9.17, 15) is 17.6 Å². The number of para-hydroxylation sites is 1. The van der Waals surface area contributed by atoms with Gasteiger partial charge in [0.1, 0.15) is 4.21 Å². The fourth-order valence-corrected chi connectivity index (χ4v) is 3.19. The Balaban J connectivity index is 1.85. The minimum atomic E-state index is -3.80. The number of hydrogen-bond acceptors (Lipinski definition) is 5. The van der Waals surface area contributed by atoms with Crippen LogP contribution in [0.2, 0.25) is 0 Å². The Kier molecular flexibility index (Phi) is 4.89. The summed E-state index contributed by atoms with van der Waals surface area (Å²) in [6.45, 7) is -0.520. The molecular formula is C12H11FN2O4S2. The number of hydrazine groups is 1. The van der Waals surface area contributed by atoms with Gasteiger partial charge in [-0.2, -0.15) is 0 Å². The van der Waals surface area contributed by atoms with Crippen LogP contribution in [-0.4, -0.2) is 20.9 Å². The van der Waals surface area contributed by atoms with E-state index in [-0.39, 0.29) is 9.96 Å². The Morgan fingerprint density at radius 3 is 2.67 bits per heavy atom. The molecular weight excluding hydrogens is 319 g/mol. The summed E-state index contributed by atoms with van der Waals surface area (Å²) in [5.41, 5.74) is 1.98. The first-order valence-corrected chi connectivity index (χ1v) is 8.07. The first kappa shape index (κ1) is 15.4. The van der Waals surface area contributed by atoms with Crippen molar-refractivity contribution in [3.05, 3.63) is 47.6 Å². The predicted octanol–water partition coefficient (Wildman–Crippen LogP) is 1.28. The lowest BCUT2D eigenvalue weighted by Crippen LogP contribution is -2.43. The number of benzene rings is 1. The van der Waals surface area contributed by atoms with E-state index in [0.717, 1.165) is 11.3 Å². The predicted molar refractivity (Wildman–Crippen MR) is 74.7 cm³/mol. The molecule has 6 nitrogen and oxygen atoms in total. The van der Waals surface area contributed by atoms with Gasteiger partial charge in [0.2, 0.25) is 0 Å². The molecule has 0 saturated carbocycles. The Morgan fingerprint density at radius 1 is 1.24 bits per heavy atom. The summed E-state index contributed by atoms with van der Waals surface area (Å²) >= 11 is 1.01. The van der Waals surface area contributed by atoms with E-state index in [1.807, 2.05) is 10.3 Å². The summed E-state index contributed by atoms with van der Waals surface area (Å²) in [5.74, 6) is -1.45. The molecule has 1 aromatic carbocycles. The molecule has 112 valence electrons. The molecule has 9 heteroatoms. The van der Waals surface area contributed by atoms with Crippen LogP contribution >= 0.6 is 11.3 Å². The summed E-state index contributed by atoms with van der Waals surface area (Å²) in [4.78, 5) is 13.4. The highest BCUT2D eigenvalue weighted by Gasteiger charge is 2.16. The minimum absolute atomic E-state index is 0.0674. The number of rotatable bonds is 6. The maximum absolute atomic E-state index is 13.2. The number of halogens is 1. The zero-order chi connectivity index (χ0) is 15.3. The van der Waals surface area contributed by atoms with Crippen LogP contribution in [0.3, 0.4) is 0 Å². The highest BCUT2D eigenvalue weighted by atomic mass is 32.2. The second-order valence-electron chi connectivity index (χ2n) is 3.80. The normalized spacial score (nSPS) is 11.1. The quantitative estimate of drug-likeness (QED) is 0.781. The van der Waals surface area contributed by atoms with E-state index in [0.29, 0.717) is 0 Å². The monoisotopic (exact) mass is 330 g/mol. The van der Waals surface area contributed by atoms with Crippen molar-refractivity contribution in [2.75, 3.05) is 6.61 Å². The van der Waals surface area contributed by atoms with Gasteiger partial charge in [-0.05, 0) is 23.6 Å². The van der Waals surface area contributed by atoms with Crippen molar-refractivity contribution in [2.24, 2.45) is 0 Å². The highest BCUT2D eigenvalue weighted by Crippen LogP contribution is 2.15. The van der Waals surface area contributed by atoms with Crippen LogP contribution in [0.4, 0.5) is 4.39 Å². The molecule has 0 aliphatic carbocycles. The molecule has 2 rings (SSSR count). The van der Waals surface area contributed by atoms with E-state index in [4.69, 9.17) is 4.74 Å². The number of sulfonamides is 1. The van der Waals surface area contributed by atoms with Crippen LogP contribution in [0.25, 0.3) is 0 Å². The van der Waals surface area contributed by atoms with Crippen LogP contribution < -0.4 is 15.0 Å². The molecule has 0 saturated heterocycles. The number of thiophene rings is 1. The maximum Gasteiger partial charge on any atom is 0.272 e. The first-order valence-electron chi connectivity index (χ1n) is 5.70. The molecule has 2 N–H and O–H groups in total. The molecule has 0 spiro atoms. The Bertz CT molecular complexity index is 717. The van der Waals surface area contributed by atoms with Crippen LogP contribution in [0.15, 0.2) is 46.0 Å². The molecule has 0 aliphatic heterocycles. The Morgan fingerprint density at radius 2 is 2.00 bits per heavy atom. The van der Waals surface area contributed by atoms with Crippen LogP contribution in [0, 0.1) is 5.82 Å². The van der Waals surface area contributed by atoms with E-state index in [1.54, 1.807) is 17.5 Å². The standard InChI is InChI=1S/C12H11FN2O4S2/c13-9-4-1-2-5-10(9)19-8-11(16)14-15-21(17,18)12-6-3-7-20-12/h1-7,15H,8H2,(H,14,16). The van der Waals surface area contributed by atoms with Crippen molar-refractivity contribution >= 4 is 27.3 Å². The van der Waals surface area contributed by atoms with E-state index in [1.165, 1.54) is 24.3 Å². The van der Waals surface area contributed by atoms with Gasteiger partial charge in [-0.15, -0.1) is 16.2 Å². The largest absolute Gasteiger partial charge is 0.481 e. The van der Waals surface area contributed by atoms with Crippen molar-refractivity contribution in [3.8, 4) is 5.75 Å². The number of amides is 1. The van der Waals surface area contributed by atoms with Gasteiger partial charge < -0.3 is 4.74 Å². The van der Waals surface area contributed by atoms with Crippen molar-refractivity contribution in [1.29, 1.82) is 0 Å². The van der Waals surface area contributed by atoms with E-state index < -0.39 is 28.4 Å². The summed E-state index contributed by atoms with van der Waals surface area (Å²) in [6.07, 6.45) is 0. The number of hydrogen-bond donors (Lipinski definition) is 2. The lowest BCUT2D eigenvalue weighted by atomic mass is 10.3. The lowest BCUT2D eigenvalue weighted by molar-refractivity contribution is -0.123. The zero-order valence-corrected chi connectivity index (χ0v) is 12.2. The van der Waals surface area contributed by atoms with Crippen LogP contribution in [-0.2, 0) is 14.8 Å². The lowest BCUT2D eigenvalue weighted by Gasteiger charge is -2.08. The second-order valence-corrected chi connectivity index (χ2v) is 6.66. The number of carbonyl (C=O) groups is 1. The Hall–Kier alpha value is -1.97. The SMILES string of the molecule is O=C(COc1ccccc1F)NNS(=O)(=O)c1cccs1. The average molecular weight is 330 g/mol. The third kappa shape index (κ3) is 4.25. The van der Waals surface area contributed by atoms with Gasteiger partial charge in [-0.25, -0.2) is 12.8 Å². The highest BCUT2D eigenvalue weighted by molar-refractivity contribution is 7.91. The molecule has 0 aliphatic rings. The molecule has 2 aromatic rings. The van der Waals surface area contributed by atoms with Crippen molar-refractivity contribution in [2.45, 2.75) is 4.21 Å². The molecule has 1 heterocycles. The van der Waals surface area contributed by atoms with E-state index in [2.05, 4.69) is 0 Å². The van der Waals surface area contributed by atoms with Gasteiger partial charge >= 0.3 is 0 Å². The number of carbonyl (C=O) groups excluding carboxylic acids is 1. The number of nitrogens with one attached hydrogen (secondary N) is 2. The van der Waals surface area contributed by atoms with Crippen LogP contribution in [0.1, 0.15) is 0 Å². The van der Waals surface area contributed by atoms with Crippen molar-refractivity contribution in [3.63, 3.8) is 0 Å². The van der Waals surface area contributed by atoms with Crippen molar-refractivity contribution in [1.82, 2.24) is 10.3 Å². The van der Waals surface area contributed by atoms with Crippen LogP contribution in [0.5, 0.6) is 5.75 Å². The number of ether oxygens (including phenoxy) is 1.